The van der Waals surface area contributed by atoms with E-state index in [1.807, 2.05) is 0 Å². The Kier molecular flexibility index (Phi) is 5.42. The van der Waals surface area contributed by atoms with E-state index in [-0.39, 0.29) is 6.10 Å². The maximum atomic E-state index is 9.35. The predicted molar refractivity (Wildman–Crippen MR) is 61.7 cm³/mol. The molecule has 1 fully saturated rings. The van der Waals surface area contributed by atoms with Crippen molar-refractivity contribution in [2.24, 2.45) is 11.8 Å². The molecule has 1 rings (SSSR count). The van der Waals surface area contributed by atoms with Crippen molar-refractivity contribution in [1.29, 1.82) is 0 Å². The standard InChI is InChI=1S/C11H21BrO2/c1-8-3-9(2)5-11(4-8)14-7-10(13)6-12/h8-11,13H,3-7H2,1-2H3. The van der Waals surface area contributed by atoms with Crippen LogP contribution in [-0.4, -0.2) is 29.3 Å². The Morgan fingerprint density at radius 2 is 1.86 bits per heavy atom. The Morgan fingerprint density at radius 1 is 1.29 bits per heavy atom. The highest BCUT2D eigenvalue weighted by molar-refractivity contribution is 9.09. The molecule has 0 bridgehead atoms. The van der Waals surface area contributed by atoms with Crippen molar-refractivity contribution in [3.63, 3.8) is 0 Å². The fraction of sp³-hybridized carbons (Fsp3) is 1.00. The van der Waals surface area contributed by atoms with Crippen LogP contribution in [0.2, 0.25) is 0 Å². The lowest BCUT2D eigenvalue weighted by atomic mass is 9.82. The molecule has 1 aliphatic carbocycles. The van der Waals surface area contributed by atoms with E-state index < -0.39 is 0 Å². The van der Waals surface area contributed by atoms with Crippen LogP contribution in [0.15, 0.2) is 0 Å². The second-order valence-electron chi connectivity index (χ2n) is 4.68. The van der Waals surface area contributed by atoms with Crippen molar-refractivity contribution in [1.82, 2.24) is 0 Å². The van der Waals surface area contributed by atoms with Gasteiger partial charge in [0.15, 0.2) is 0 Å². The van der Waals surface area contributed by atoms with Crippen molar-refractivity contribution in [3.8, 4) is 0 Å². The van der Waals surface area contributed by atoms with Crippen molar-refractivity contribution in [2.45, 2.75) is 45.3 Å². The fourth-order valence-corrected chi connectivity index (χ4v) is 2.49. The minimum Gasteiger partial charge on any atom is -0.390 e. The summed E-state index contributed by atoms with van der Waals surface area (Å²) in [5, 5.41) is 9.95. The van der Waals surface area contributed by atoms with Gasteiger partial charge in [-0.15, -0.1) is 0 Å². The van der Waals surface area contributed by atoms with Gasteiger partial charge in [0.25, 0.3) is 0 Å². The lowest BCUT2D eigenvalue weighted by Crippen LogP contribution is -2.29. The first-order chi connectivity index (χ1) is 6.61. The van der Waals surface area contributed by atoms with Crippen LogP contribution >= 0.6 is 15.9 Å². The summed E-state index contributed by atoms with van der Waals surface area (Å²) in [7, 11) is 0. The third kappa shape index (κ3) is 4.28. The molecule has 0 spiro atoms. The fourth-order valence-electron chi connectivity index (χ4n) is 2.30. The molecule has 1 aliphatic rings. The topological polar surface area (TPSA) is 29.5 Å². The van der Waals surface area contributed by atoms with Crippen LogP contribution in [0, 0.1) is 11.8 Å². The maximum Gasteiger partial charge on any atom is 0.0870 e. The van der Waals surface area contributed by atoms with Crippen LogP contribution in [0.3, 0.4) is 0 Å². The third-order valence-corrected chi connectivity index (χ3v) is 3.59. The lowest BCUT2D eigenvalue weighted by Gasteiger charge is -2.31. The molecule has 1 saturated carbocycles. The van der Waals surface area contributed by atoms with Gasteiger partial charge < -0.3 is 9.84 Å². The molecule has 1 N–H and O–H groups in total. The van der Waals surface area contributed by atoms with Crippen LogP contribution < -0.4 is 0 Å². The summed E-state index contributed by atoms with van der Waals surface area (Å²) in [5.74, 6) is 1.54. The molecule has 3 heteroatoms. The molecule has 0 aromatic rings. The molecule has 0 heterocycles. The molecule has 3 atom stereocenters. The van der Waals surface area contributed by atoms with Crippen molar-refractivity contribution in [2.75, 3.05) is 11.9 Å². The number of ether oxygens (including phenoxy) is 1. The zero-order valence-corrected chi connectivity index (χ0v) is 10.7. The molecule has 0 aromatic carbocycles. The van der Waals surface area contributed by atoms with Gasteiger partial charge in [-0.1, -0.05) is 29.8 Å². The number of aliphatic hydroxyl groups excluding tert-OH is 1. The predicted octanol–water partition coefficient (Wildman–Crippen LogP) is 2.58. The molecule has 14 heavy (non-hydrogen) atoms. The van der Waals surface area contributed by atoms with E-state index >= 15 is 0 Å². The summed E-state index contributed by atoms with van der Waals surface area (Å²) in [5.41, 5.74) is 0. The molecule has 84 valence electrons. The van der Waals surface area contributed by atoms with E-state index in [4.69, 9.17) is 4.74 Å². The summed E-state index contributed by atoms with van der Waals surface area (Å²) in [6.45, 7) is 5.04. The lowest BCUT2D eigenvalue weighted by molar-refractivity contribution is -0.0342. The highest BCUT2D eigenvalue weighted by Gasteiger charge is 2.24. The van der Waals surface area contributed by atoms with Crippen LogP contribution in [0.25, 0.3) is 0 Å². The smallest absolute Gasteiger partial charge is 0.0870 e. The molecule has 0 saturated heterocycles. The average molecular weight is 265 g/mol. The molecule has 3 unspecified atom stereocenters. The van der Waals surface area contributed by atoms with Crippen LogP contribution in [-0.2, 0) is 4.74 Å². The highest BCUT2D eigenvalue weighted by Crippen LogP contribution is 2.30. The number of alkyl halides is 1. The largest absolute Gasteiger partial charge is 0.390 e. The van der Waals surface area contributed by atoms with Gasteiger partial charge in [-0.25, -0.2) is 0 Å². The molecular formula is C11H21BrO2. The number of halogens is 1. The molecular weight excluding hydrogens is 244 g/mol. The van der Waals surface area contributed by atoms with E-state index in [1.54, 1.807) is 0 Å². The quantitative estimate of drug-likeness (QED) is 0.792. The average Bonchev–Trinajstić information content (AvgIpc) is 2.12. The minimum absolute atomic E-state index is 0.359. The summed E-state index contributed by atoms with van der Waals surface area (Å²) in [6, 6.07) is 0. The number of hydrogen-bond acceptors (Lipinski definition) is 2. The van der Waals surface area contributed by atoms with E-state index in [9.17, 15) is 5.11 Å². The summed E-state index contributed by atoms with van der Waals surface area (Å²) in [4.78, 5) is 0. The zero-order chi connectivity index (χ0) is 10.6. The Labute approximate surface area is 95.2 Å². The van der Waals surface area contributed by atoms with Gasteiger partial charge in [-0.3, -0.25) is 0 Å². The van der Waals surface area contributed by atoms with Crippen LogP contribution in [0.4, 0.5) is 0 Å². The first kappa shape index (κ1) is 12.5. The maximum absolute atomic E-state index is 9.35. The number of hydrogen-bond donors (Lipinski definition) is 1. The third-order valence-electron chi connectivity index (χ3n) is 2.84. The summed E-state index contributed by atoms with van der Waals surface area (Å²) < 4.78 is 5.70. The minimum atomic E-state index is -0.359. The van der Waals surface area contributed by atoms with Gasteiger partial charge in [0, 0.05) is 5.33 Å². The van der Waals surface area contributed by atoms with Crippen molar-refractivity contribution < 1.29 is 9.84 Å². The Balaban J connectivity index is 2.23. The van der Waals surface area contributed by atoms with E-state index in [0.717, 1.165) is 24.7 Å². The van der Waals surface area contributed by atoms with Gasteiger partial charge in [0.1, 0.15) is 0 Å². The zero-order valence-electron chi connectivity index (χ0n) is 9.08. The Bertz CT molecular complexity index is 153. The molecule has 2 nitrogen and oxygen atoms in total. The Hall–Kier alpha value is 0.400. The normalized spacial score (nSPS) is 35.6. The first-order valence-electron chi connectivity index (χ1n) is 5.47. The molecule has 0 amide bonds. The molecule has 0 aromatic heterocycles. The SMILES string of the molecule is CC1CC(C)CC(OCC(O)CBr)C1. The highest BCUT2D eigenvalue weighted by atomic mass is 79.9. The van der Waals surface area contributed by atoms with Crippen LogP contribution in [0.5, 0.6) is 0 Å². The van der Waals surface area contributed by atoms with E-state index in [0.29, 0.717) is 18.0 Å². The molecule has 0 aliphatic heterocycles. The number of rotatable bonds is 4. The second kappa shape index (κ2) is 6.09. The van der Waals surface area contributed by atoms with Crippen LogP contribution in [0.1, 0.15) is 33.1 Å². The van der Waals surface area contributed by atoms with Gasteiger partial charge >= 0.3 is 0 Å². The van der Waals surface area contributed by atoms with E-state index in [1.165, 1.54) is 6.42 Å². The second-order valence-corrected chi connectivity index (χ2v) is 5.33. The Morgan fingerprint density at radius 3 is 2.36 bits per heavy atom. The number of aliphatic hydroxyl groups is 1. The summed E-state index contributed by atoms with van der Waals surface area (Å²) in [6.07, 6.45) is 3.63. The monoisotopic (exact) mass is 264 g/mol. The van der Waals surface area contributed by atoms with Gasteiger partial charge in [-0.2, -0.15) is 0 Å². The molecule has 0 radical (unpaired) electrons. The van der Waals surface area contributed by atoms with E-state index in [2.05, 4.69) is 29.8 Å². The van der Waals surface area contributed by atoms with Gasteiger partial charge in [-0.05, 0) is 31.1 Å². The van der Waals surface area contributed by atoms with Gasteiger partial charge in [0.05, 0.1) is 18.8 Å². The van der Waals surface area contributed by atoms with Crippen molar-refractivity contribution in [3.05, 3.63) is 0 Å². The van der Waals surface area contributed by atoms with Crippen molar-refractivity contribution >= 4 is 15.9 Å². The van der Waals surface area contributed by atoms with Gasteiger partial charge in [0.2, 0.25) is 0 Å². The summed E-state index contributed by atoms with van der Waals surface area (Å²) >= 11 is 3.23. The first-order valence-corrected chi connectivity index (χ1v) is 6.59.